The minimum Gasteiger partial charge on any atom is -0.506 e. The van der Waals surface area contributed by atoms with Gasteiger partial charge in [-0.2, -0.15) is 5.10 Å². The van der Waals surface area contributed by atoms with Crippen LogP contribution in [0, 0.1) is 0 Å². The van der Waals surface area contributed by atoms with E-state index in [0.717, 1.165) is 6.07 Å². The molecule has 0 fully saturated rings. The Kier molecular flexibility index (Phi) is 2.28. The second-order valence-corrected chi connectivity index (χ2v) is 3.53. The van der Waals surface area contributed by atoms with Gasteiger partial charge in [0, 0.05) is 11.6 Å². The Morgan fingerprint density at radius 3 is 2.50 bits per heavy atom. The van der Waals surface area contributed by atoms with E-state index in [-0.39, 0.29) is 22.2 Å². The maximum absolute atomic E-state index is 9.66. The highest BCUT2D eigenvalue weighted by Gasteiger charge is 2.20. The summed E-state index contributed by atoms with van der Waals surface area (Å²) >= 11 is 5.82. The van der Waals surface area contributed by atoms with Crippen LogP contribution >= 0.6 is 11.6 Å². The van der Waals surface area contributed by atoms with Gasteiger partial charge in [-0.1, -0.05) is 11.6 Å². The molecule has 1 aromatic carbocycles. The summed E-state index contributed by atoms with van der Waals surface area (Å²) in [5.41, 5.74) is 5.89. The maximum Gasteiger partial charge on any atom is 0.167 e. The number of phenolic OH excluding ortho intramolecular Hbond substituents is 3. The van der Waals surface area contributed by atoms with Crippen molar-refractivity contribution in [3.8, 4) is 28.4 Å². The molecule has 0 atom stereocenters. The number of nitrogens with zero attached hydrogens (tertiary/aromatic N) is 1. The SMILES string of the molecule is Nc1[nH]ncc1-c1c(O)c(O)cc(O)c1Cl. The monoisotopic (exact) mass is 241 g/mol. The lowest BCUT2D eigenvalue weighted by atomic mass is 10.1. The van der Waals surface area contributed by atoms with E-state index in [9.17, 15) is 15.3 Å². The van der Waals surface area contributed by atoms with E-state index in [1.54, 1.807) is 0 Å². The number of benzene rings is 1. The van der Waals surface area contributed by atoms with E-state index in [1.165, 1.54) is 6.20 Å². The first-order chi connectivity index (χ1) is 7.52. The van der Waals surface area contributed by atoms with Crippen molar-refractivity contribution < 1.29 is 15.3 Å². The average Bonchev–Trinajstić information content (AvgIpc) is 2.63. The number of hydrogen-bond donors (Lipinski definition) is 5. The Labute approximate surface area is 94.9 Å². The van der Waals surface area contributed by atoms with Crippen molar-refractivity contribution in [3.05, 3.63) is 17.3 Å². The second-order valence-electron chi connectivity index (χ2n) is 3.15. The van der Waals surface area contributed by atoms with Crippen LogP contribution in [0.2, 0.25) is 5.02 Å². The van der Waals surface area contributed by atoms with Gasteiger partial charge in [-0.25, -0.2) is 0 Å². The fourth-order valence-electron chi connectivity index (χ4n) is 1.36. The molecule has 0 bridgehead atoms. The number of aromatic hydroxyl groups is 3. The fraction of sp³-hybridized carbons (Fsp3) is 0. The molecule has 1 aromatic heterocycles. The molecule has 0 saturated heterocycles. The molecule has 84 valence electrons. The molecule has 0 unspecified atom stereocenters. The van der Waals surface area contributed by atoms with E-state index in [4.69, 9.17) is 17.3 Å². The molecule has 7 heteroatoms. The summed E-state index contributed by atoms with van der Waals surface area (Å²) in [5, 5.41) is 34.4. The molecule has 2 aromatic rings. The molecule has 1 heterocycles. The van der Waals surface area contributed by atoms with Gasteiger partial charge in [-0.05, 0) is 0 Å². The normalized spacial score (nSPS) is 10.6. The van der Waals surface area contributed by atoms with Crippen LogP contribution in [0.1, 0.15) is 0 Å². The Bertz CT molecular complexity index is 527. The van der Waals surface area contributed by atoms with Crippen LogP contribution in [0.5, 0.6) is 17.2 Å². The number of rotatable bonds is 1. The first kappa shape index (κ1) is 10.4. The van der Waals surface area contributed by atoms with Crippen LogP contribution in [-0.4, -0.2) is 25.5 Å². The molecule has 0 aliphatic rings. The van der Waals surface area contributed by atoms with Gasteiger partial charge in [0.1, 0.15) is 11.6 Å². The molecule has 6 N–H and O–H groups in total. The number of nitrogen functional groups attached to an aromatic ring is 1. The van der Waals surface area contributed by atoms with Gasteiger partial charge in [0.25, 0.3) is 0 Å². The summed E-state index contributed by atoms with van der Waals surface area (Å²) in [7, 11) is 0. The lowest BCUT2D eigenvalue weighted by molar-refractivity contribution is 0.398. The summed E-state index contributed by atoms with van der Waals surface area (Å²) in [4.78, 5) is 0. The Morgan fingerprint density at radius 2 is 1.94 bits per heavy atom. The van der Waals surface area contributed by atoms with Crippen molar-refractivity contribution in [2.24, 2.45) is 0 Å². The van der Waals surface area contributed by atoms with Crippen LogP contribution in [0.25, 0.3) is 11.1 Å². The molecule has 0 spiro atoms. The summed E-state index contributed by atoms with van der Waals surface area (Å²) in [6.07, 6.45) is 1.33. The molecule has 0 saturated carbocycles. The Morgan fingerprint density at radius 1 is 1.25 bits per heavy atom. The van der Waals surface area contributed by atoms with Crippen molar-refractivity contribution in [1.29, 1.82) is 0 Å². The molecule has 0 aliphatic carbocycles. The number of halogens is 1. The van der Waals surface area contributed by atoms with E-state index in [0.29, 0.717) is 5.56 Å². The summed E-state index contributed by atoms with van der Waals surface area (Å²) in [5.74, 6) is -1.14. The highest BCUT2D eigenvalue weighted by atomic mass is 35.5. The number of H-pyrrole nitrogens is 1. The third-order valence-corrected chi connectivity index (χ3v) is 2.52. The standard InChI is InChI=1S/C9H8ClN3O3/c10-7-4(14)1-5(15)8(16)6(7)3-2-12-13-9(3)11/h1-2,14-16H,(H3,11,12,13). The summed E-state index contributed by atoms with van der Waals surface area (Å²) in [6, 6.07) is 0.942. The number of aromatic amines is 1. The molecule has 16 heavy (non-hydrogen) atoms. The fourth-order valence-corrected chi connectivity index (χ4v) is 1.61. The number of aromatic nitrogens is 2. The predicted octanol–water partition coefficient (Wildman–Crippen LogP) is 1.43. The first-order valence-corrected chi connectivity index (χ1v) is 4.62. The molecular formula is C9H8ClN3O3. The average molecular weight is 242 g/mol. The summed E-state index contributed by atoms with van der Waals surface area (Å²) in [6.45, 7) is 0. The zero-order valence-electron chi connectivity index (χ0n) is 7.90. The number of hydrogen-bond acceptors (Lipinski definition) is 5. The maximum atomic E-state index is 9.66. The zero-order valence-corrected chi connectivity index (χ0v) is 8.65. The second kappa shape index (κ2) is 3.49. The zero-order chi connectivity index (χ0) is 11.9. The van der Waals surface area contributed by atoms with Gasteiger partial charge in [-0.3, -0.25) is 5.10 Å². The van der Waals surface area contributed by atoms with E-state index in [2.05, 4.69) is 10.2 Å². The Balaban J connectivity index is 2.79. The molecular weight excluding hydrogens is 234 g/mol. The van der Waals surface area contributed by atoms with Crippen LogP contribution in [0.15, 0.2) is 12.3 Å². The number of anilines is 1. The van der Waals surface area contributed by atoms with Crippen LogP contribution in [-0.2, 0) is 0 Å². The largest absolute Gasteiger partial charge is 0.506 e. The van der Waals surface area contributed by atoms with Crippen molar-refractivity contribution in [2.75, 3.05) is 5.73 Å². The highest BCUT2D eigenvalue weighted by molar-refractivity contribution is 6.35. The highest BCUT2D eigenvalue weighted by Crippen LogP contribution is 2.47. The lowest BCUT2D eigenvalue weighted by Crippen LogP contribution is -1.89. The molecule has 0 radical (unpaired) electrons. The lowest BCUT2D eigenvalue weighted by Gasteiger charge is -2.09. The predicted molar refractivity (Wildman–Crippen MR) is 58.4 cm³/mol. The van der Waals surface area contributed by atoms with Crippen molar-refractivity contribution in [1.82, 2.24) is 10.2 Å². The Hall–Kier alpha value is -2.08. The minimum absolute atomic E-state index is 0.0328. The third-order valence-electron chi connectivity index (χ3n) is 2.14. The molecule has 0 aliphatic heterocycles. The summed E-state index contributed by atoms with van der Waals surface area (Å²) < 4.78 is 0. The van der Waals surface area contributed by atoms with E-state index in [1.807, 2.05) is 0 Å². The topological polar surface area (TPSA) is 115 Å². The van der Waals surface area contributed by atoms with Crippen molar-refractivity contribution in [2.45, 2.75) is 0 Å². The van der Waals surface area contributed by atoms with Gasteiger partial charge < -0.3 is 21.1 Å². The number of phenols is 3. The van der Waals surface area contributed by atoms with Gasteiger partial charge in [-0.15, -0.1) is 0 Å². The first-order valence-electron chi connectivity index (χ1n) is 4.25. The van der Waals surface area contributed by atoms with Gasteiger partial charge in [0.05, 0.1) is 16.8 Å². The third kappa shape index (κ3) is 1.40. The van der Waals surface area contributed by atoms with Gasteiger partial charge in [0.15, 0.2) is 11.5 Å². The van der Waals surface area contributed by atoms with Crippen molar-refractivity contribution >= 4 is 17.4 Å². The van der Waals surface area contributed by atoms with E-state index >= 15 is 0 Å². The van der Waals surface area contributed by atoms with Crippen LogP contribution in [0.3, 0.4) is 0 Å². The molecule has 2 rings (SSSR count). The number of nitrogens with two attached hydrogens (primary N) is 1. The number of nitrogens with one attached hydrogen (secondary N) is 1. The van der Waals surface area contributed by atoms with Crippen LogP contribution in [0.4, 0.5) is 5.82 Å². The van der Waals surface area contributed by atoms with Gasteiger partial charge >= 0.3 is 0 Å². The smallest absolute Gasteiger partial charge is 0.167 e. The van der Waals surface area contributed by atoms with Gasteiger partial charge in [0.2, 0.25) is 0 Å². The molecule has 0 amide bonds. The minimum atomic E-state index is -0.488. The van der Waals surface area contributed by atoms with E-state index < -0.39 is 11.5 Å². The molecule has 6 nitrogen and oxygen atoms in total. The van der Waals surface area contributed by atoms with Crippen molar-refractivity contribution in [3.63, 3.8) is 0 Å². The quantitative estimate of drug-likeness (QED) is 0.383. The van der Waals surface area contributed by atoms with Crippen LogP contribution < -0.4 is 5.73 Å².